The summed E-state index contributed by atoms with van der Waals surface area (Å²) in [7, 11) is 0. The lowest BCUT2D eigenvalue weighted by Gasteiger charge is -2.42. The van der Waals surface area contributed by atoms with E-state index in [0.29, 0.717) is 105 Å². The van der Waals surface area contributed by atoms with Gasteiger partial charge in [-0.05, 0) is 61.8 Å². The van der Waals surface area contributed by atoms with Gasteiger partial charge >= 0.3 is 11.9 Å². The molecule has 3 N–H and O–H groups in total. The highest BCUT2D eigenvalue weighted by Gasteiger charge is 2.54. The van der Waals surface area contributed by atoms with Crippen LogP contribution < -0.4 is 10.1 Å². The SMILES string of the molecule is N#C[C@@H]1C[C@@H]2C[C@@H]2N1C(=O)CNC(=O)c1ccnc2ccc(OCC3CN(CC4CCN(C(=O)CN5CCN(CC(=O)O)CCN(CC(=O)O)CC5)CC4)C3)cc12. The normalized spacial score (nSPS) is 24.1. The van der Waals surface area contributed by atoms with Crippen LogP contribution in [0.2, 0.25) is 0 Å². The number of hydrogen-bond donors (Lipinski definition) is 3. The second kappa shape index (κ2) is 18.1. The Balaban J connectivity index is 0.820. The number of likely N-dealkylation sites (tertiary alicyclic amines) is 3. The summed E-state index contributed by atoms with van der Waals surface area (Å²) in [6, 6.07) is 9.06. The molecule has 1 aliphatic carbocycles. The zero-order valence-corrected chi connectivity index (χ0v) is 32.3. The summed E-state index contributed by atoms with van der Waals surface area (Å²) in [4.78, 5) is 78.2. The number of aliphatic carboxylic acids is 2. The van der Waals surface area contributed by atoms with Crippen molar-refractivity contribution >= 4 is 40.6 Å². The molecule has 1 aromatic heterocycles. The molecule has 1 saturated carbocycles. The minimum absolute atomic E-state index is 0.0547. The Hall–Kier alpha value is -4.89. The van der Waals surface area contributed by atoms with Gasteiger partial charge in [0.25, 0.3) is 5.91 Å². The zero-order chi connectivity index (χ0) is 40.1. The van der Waals surface area contributed by atoms with E-state index in [1.165, 1.54) is 0 Å². The molecule has 17 heteroatoms. The van der Waals surface area contributed by atoms with Crippen LogP contribution in [-0.2, 0) is 19.2 Å². The maximum Gasteiger partial charge on any atom is 0.317 e. The van der Waals surface area contributed by atoms with Crippen LogP contribution in [0.5, 0.6) is 5.75 Å². The predicted molar refractivity (Wildman–Crippen MR) is 206 cm³/mol. The molecule has 57 heavy (non-hydrogen) atoms. The number of nitrogens with zero attached hydrogens (tertiary/aromatic N) is 8. The van der Waals surface area contributed by atoms with E-state index in [0.717, 1.165) is 38.9 Å². The Kier molecular flexibility index (Phi) is 12.8. The number of carboxylic acid groups (broad SMARTS) is 2. The van der Waals surface area contributed by atoms with Crippen molar-refractivity contribution < 1.29 is 38.9 Å². The first-order valence-electron chi connectivity index (χ1n) is 20.1. The van der Waals surface area contributed by atoms with Crippen LogP contribution in [0.1, 0.15) is 36.0 Å². The Bertz CT molecular complexity index is 1830. The lowest BCUT2D eigenvalue weighted by atomic mass is 9.92. The Morgan fingerprint density at radius 2 is 1.46 bits per heavy atom. The fraction of sp³-hybridized carbons (Fsp3) is 0.625. The topological polar surface area (TPSA) is 203 Å². The number of aromatic nitrogens is 1. The van der Waals surface area contributed by atoms with Crippen LogP contribution in [0.4, 0.5) is 0 Å². The van der Waals surface area contributed by atoms with Gasteiger partial charge in [0.2, 0.25) is 11.8 Å². The first-order valence-corrected chi connectivity index (χ1v) is 20.1. The molecule has 3 amide bonds. The standard InChI is InChI=1S/C40H53N9O8/c41-18-30-15-29-16-35(29)49(30)36(50)19-43-40(56)32-3-6-42-34-2-1-31(17-33(32)34)57-26-28-21-47(22-28)20-27-4-7-48(8-5-27)37(51)23-44-9-11-45(24-38(52)53)13-14-46(12-10-44)25-39(54)55/h1-3,6,17,27-30,35H,4-5,7-16,19-26H2,(H,43,56)(H,52,53)(H,54,55)/t29-,30+,35+/m1/s1. The van der Waals surface area contributed by atoms with Gasteiger partial charge in [-0.1, -0.05) is 0 Å². The van der Waals surface area contributed by atoms with Gasteiger partial charge < -0.3 is 35.0 Å². The highest BCUT2D eigenvalue weighted by Crippen LogP contribution is 2.47. The van der Waals surface area contributed by atoms with Crippen molar-refractivity contribution in [2.75, 3.05) is 105 Å². The number of amides is 3. The number of fused-ring (bicyclic) bond motifs is 2. The van der Waals surface area contributed by atoms with Gasteiger partial charge in [0.15, 0.2) is 0 Å². The maximum atomic E-state index is 13.3. The van der Waals surface area contributed by atoms with Gasteiger partial charge in [-0.25, -0.2) is 0 Å². The van der Waals surface area contributed by atoms with Gasteiger partial charge in [-0.2, -0.15) is 5.26 Å². The van der Waals surface area contributed by atoms with E-state index in [4.69, 9.17) is 4.74 Å². The third-order valence-corrected chi connectivity index (χ3v) is 12.2. The number of nitrogens with one attached hydrogen (secondary N) is 1. The second-order valence-corrected chi connectivity index (χ2v) is 16.3. The molecule has 4 aliphatic heterocycles. The molecule has 5 heterocycles. The number of piperidine rings is 2. The highest BCUT2D eigenvalue weighted by molar-refractivity contribution is 6.07. The van der Waals surface area contributed by atoms with E-state index >= 15 is 0 Å². The van der Waals surface area contributed by atoms with Crippen molar-refractivity contribution in [3.8, 4) is 11.8 Å². The molecule has 5 aliphatic rings. The highest BCUT2D eigenvalue weighted by atomic mass is 16.5. The summed E-state index contributed by atoms with van der Waals surface area (Å²) >= 11 is 0. The molecule has 306 valence electrons. The van der Waals surface area contributed by atoms with Crippen LogP contribution in [0.25, 0.3) is 10.9 Å². The molecular weight excluding hydrogens is 734 g/mol. The van der Waals surface area contributed by atoms with Gasteiger partial charge in [-0.15, -0.1) is 0 Å². The molecular formula is C40H53N9O8. The summed E-state index contributed by atoms with van der Waals surface area (Å²) in [5, 5.41) is 31.5. The summed E-state index contributed by atoms with van der Waals surface area (Å²) in [6.45, 7) is 7.59. The molecule has 0 radical (unpaired) electrons. The van der Waals surface area contributed by atoms with Crippen LogP contribution >= 0.6 is 0 Å². The third kappa shape index (κ3) is 10.4. The van der Waals surface area contributed by atoms with Crippen molar-refractivity contribution in [1.82, 2.24) is 39.7 Å². The number of ether oxygens (including phenoxy) is 1. The van der Waals surface area contributed by atoms with Crippen molar-refractivity contribution in [3.05, 3.63) is 36.0 Å². The number of benzene rings is 1. The summed E-state index contributed by atoms with van der Waals surface area (Å²) < 4.78 is 6.18. The van der Waals surface area contributed by atoms with E-state index in [-0.39, 0.29) is 49.9 Å². The molecule has 5 fully saturated rings. The maximum absolute atomic E-state index is 13.3. The lowest BCUT2D eigenvalue weighted by Crippen LogP contribution is -2.52. The number of pyridine rings is 1. The fourth-order valence-electron chi connectivity index (χ4n) is 8.89. The first kappa shape index (κ1) is 40.3. The minimum atomic E-state index is -0.929. The van der Waals surface area contributed by atoms with E-state index in [1.807, 2.05) is 28.0 Å². The Morgan fingerprint density at radius 1 is 0.807 bits per heavy atom. The van der Waals surface area contributed by atoms with Gasteiger partial charge in [-0.3, -0.25) is 43.7 Å². The lowest BCUT2D eigenvalue weighted by molar-refractivity contribution is -0.140. The number of carbonyl (C=O) groups excluding carboxylic acids is 3. The van der Waals surface area contributed by atoms with E-state index < -0.39 is 18.0 Å². The molecule has 4 saturated heterocycles. The monoisotopic (exact) mass is 787 g/mol. The quantitative estimate of drug-likeness (QED) is 0.233. The van der Waals surface area contributed by atoms with Crippen LogP contribution in [0, 0.1) is 29.1 Å². The predicted octanol–water partition coefficient (Wildman–Crippen LogP) is 0.116. The fourth-order valence-corrected chi connectivity index (χ4v) is 8.89. The summed E-state index contributed by atoms with van der Waals surface area (Å²) in [5.74, 6) is -0.484. The minimum Gasteiger partial charge on any atom is -0.493 e. The molecule has 0 unspecified atom stereocenters. The average Bonchev–Trinajstić information content (AvgIpc) is 3.82. The second-order valence-electron chi connectivity index (χ2n) is 16.3. The average molecular weight is 788 g/mol. The van der Waals surface area contributed by atoms with E-state index in [1.54, 1.807) is 27.0 Å². The molecule has 1 aromatic carbocycles. The van der Waals surface area contributed by atoms with Crippen molar-refractivity contribution in [3.63, 3.8) is 0 Å². The molecule has 7 rings (SSSR count). The number of carbonyl (C=O) groups is 5. The molecule has 3 atom stereocenters. The molecule has 2 aromatic rings. The number of carboxylic acids is 2. The van der Waals surface area contributed by atoms with Gasteiger partial charge in [0.05, 0.1) is 49.9 Å². The number of rotatable bonds is 14. The Labute approximate surface area is 332 Å². The molecule has 0 bridgehead atoms. The van der Waals surface area contributed by atoms with E-state index in [9.17, 15) is 39.4 Å². The molecule has 0 spiro atoms. The van der Waals surface area contributed by atoms with Gasteiger partial charge in [0, 0.05) is 95.5 Å². The number of hydrogen-bond acceptors (Lipinski definition) is 12. The largest absolute Gasteiger partial charge is 0.493 e. The van der Waals surface area contributed by atoms with Crippen LogP contribution in [0.3, 0.4) is 0 Å². The van der Waals surface area contributed by atoms with Crippen LogP contribution in [-0.4, -0.2) is 191 Å². The van der Waals surface area contributed by atoms with E-state index in [2.05, 4.69) is 21.3 Å². The zero-order valence-electron chi connectivity index (χ0n) is 32.3. The van der Waals surface area contributed by atoms with Gasteiger partial charge in [0.1, 0.15) is 11.8 Å². The number of nitriles is 1. The molecule has 17 nitrogen and oxygen atoms in total. The third-order valence-electron chi connectivity index (χ3n) is 12.2. The summed E-state index contributed by atoms with van der Waals surface area (Å²) in [5.41, 5.74) is 1.06. The van der Waals surface area contributed by atoms with Crippen LogP contribution in [0.15, 0.2) is 30.5 Å². The van der Waals surface area contributed by atoms with Crippen molar-refractivity contribution in [1.29, 1.82) is 5.26 Å². The summed E-state index contributed by atoms with van der Waals surface area (Å²) in [6.07, 6.45) is 5.07. The smallest absolute Gasteiger partial charge is 0.317 e. The Morgan fingerprint density at radius 3 is 2.09 bits per heavy atom. The first-order chi connectivity index (χ1) is 27.5. The van der Waals surface area contributed by atoms with Crippen molar-refractivity contribution in [2.45, 2.75) is 37.8 Å². The van der Waals surface area contributed by atoms with Crippen molar-refractivity contribution in [2.24, 2.45) is 17.8 Å².